The lowest BCUT2D eigenvalue weighted by Crippen LogP contribution is -2.26. The lowest BCUT2D eigenvalue weighted by atomic mass is 9.96. The van der Waals surface area contributed by atoms with Crippen LogP contribution in [0.2, 0.25) is 0 Å². The molecule has 1 unspecified atom stereocenters. The average molecular weight is 212 g/mol. The van der Waals surface area contributed by atoms with E-state index in [1.807, 2.05) is 12.1 Å². The number of primary sulfonamides is 1. The standard InChI is InChI=1S/C9H12N2O2S/c10-14(12,13)8-5-1-3-7-4-2-6-11-9(7)8/h2,4,6,8H,1,3,5H2,(H2,10,12,13). The fourth-order valence-electron chi connectivity index (χ4n) is 1.89. The Morgan fingerprint density at radius 1 is 1.50 bits per heavy atom. The fourth-order valence-corrected chi connectivity index (χ4v) is 2.91. The zero-order valence-electron chi connectivity index (χ0n) is 7.68. The lowest BCUT2D eigenvalue weighted by Gasteiger charge is -2.21. The second-order valence-electron chi connectivity index (χ2n) is 3.52. The van der Waals surface area contributed by atoms with Crippen LogP contribution in [0.1, 0.15) is 29.3 Å². The highest BCUT2D eigenvalue weighted by atomic mass is 32.2. The van der Waals surface area contributed by atoms with Gasteiger partial charge in [0, 0.05) is 6.20 Å². The summed E-state index contributed by atoms with van der Waals surface area (Å²) in [6.45, 7) is 0. The van der Waals surface area contributed by atoms with Crippen LogP contribution in [0.15, 0.2) is 18.3 Å². The Morgan fingerprint density at radius 2 is 2.29 bits per heavy atom. The van der Waals surface area contributed by atoms with Crippen LogP contribution in [0.25, 0.3) is 0 Å². The predicted molar refractivity (Wildman–Crippen MR) is 53.0 cm³/mol. The van der Waals surface area contributed by atoms with Crippen molar-refractivity contribution in [3.05, 3.63) is 29.6 Å². The van der Waals surface area contributed by atoms with Crippen molar-refractivity contribution < 1.29 is 8.42 Å². The zero-order valence-corrected chi connectivity index (χ0v) is 8.50. The maximum Gasteiger partial charge on any atom is 0.217 e. The van der Waals surface area contributed by atoms with Gasteiger partial charge in [0.15, 0.2) is 0 Å². The monoisotopic (exact) mass is 212 g/mol. The van der Waals surface area contributed by atoms with Gasteiger partial charge in [-0.2, -0.15) is 0 Å². The molecule has 0 aromatic carbocycles. The Kier molecular flexibility index (Phi) is 2.28. The quantitative estimate of drug-likeness (QED) is 0.746. The molecule has 1 atom stereocenters. The molecule has 1 aromatic rings. The van der Waals surface area contributed by atoms with Crippen molar-refractivity contribution in [3.8, 4) is 0 Å². The van der Waals surface area contributed by atoms with Crippen LogP contribution >= 0.6 is 0 Å². The largest absolute Gasteiger partial charge is 0.260 e. The molecule has 1 heterocycles. The Morgan fingerprint density at radius 3 is 3.00 bits per heavy atom. The van der Waals surface area contributed by atoms with Gasteiger partial charge in [-0.15, -0.1) is 0 Å². The molecule has 0 saturated heterocycles. The smallest absolute Gasteiger partial charge is 0.217 e. The van der Waals surface area contributed by atoms with Crippen LogP contribution < -0.4 is 5.14 Å². The van der Waals surface area contributed by atoms with E-state index in [1.54, 1.807) is 6.20 Å². The van der Waals surface area contributed by atoms with E-state index in [4.69, 9.17) is 5.14 Å². The summed E-state index contributed by atoms with van der Waals surface area (Å²) in [7, 11) is -3.50. The summed E-state index contributed by atoms with van der Waals surface area (Å²) in [6, 6.07) is 3.74. The van der Waals surface area contributed by atoms with E-state index in [0.717, 1.165) is 18.4 Å². The SMILES string of the molecule is NS(=O)(=O)C1CCCc2cccnc21. The number of aryl methyl sites for hydroxylation is 1. The van der Waals surface area contributed by atoms with Crippen LogP contribution in [0.4, 0.5) is 0 Å². The maximum atomic E-state index is 11.3. The van der Waals surface area contributed by atoms with Crippen LogP contribution in [-0.2, 0) is 16.4 Å². The number of fused-ring (bicyclic) bond motifs is 1. The first-order valence-corrected chi connectivity index (χ1v) is 6.15. The molecule has 1 aromatic heterocycles. The molecule has 0 amide bonds. The number of nitrogens with two attached hydrogens (primary N) is 1. The molecule has 0 radical (unpaired) electrons. The second kappa shape index (κ2) is 3.33. The van der Waals surface area contributed by atoms with Crippen LogP contribution in [0.3, 0.4) is 0 Å². The van der Waals surface area contributed by atoms with Crippen molar-refractivity contribution in [3.63, 3.8) is 0 Å². The van der Waals surface area contributed by atoms with Crippen molar-refractivity contribution in [2.45, 2.75) is 24.5 Å². The number of nitrogens with zero attached hydrogens (tertiary/aromatic N) is 1. The molecule has 2 N–H and O–H groups in total. The van der Waals surface area contributed by atoms with Crippen molar-refractivity contribution in [1.82, 2.24) is 4.98 Å². The van der Waals surface area contributed by atoms with Gasteiger partial charge in [0.2, 0.25) is 10.0 Å². The number of pyridine rings is 1. The normalized spacial score (nSPS) is 21.6. The van der Waals surface area contributed by atoms with Gasteiger partial charge >= 0.3 is 0 Å². The van der Waals surface area contributed by atoms with Gasteiger partial charge in [-0.05, 0) is 30.9 Å². The first kappa shape index (κ1) is 9.61. The predicted octanol–water partition coefficient (Wildman–Crippen LogP) is 0.748. The Labute approximate surface area is 83.2 Å². The summed E-state index contributed by atoms with van der Waals surface area (Å²) in [5, 5.41) is 4.55. The van der Waals surface area contributed by atoms with Gasteiger partial charge in [-0.3, -0.25) is 4.98 Å². The molecule has 14 heavy (non-hydrogen) atoms. The molecule has 0 spiro atoms. The number of hydrogen-bond donors (Lipinski definition) is 1. The van der Waals surface area contributed by atoms with Gasteiger partial charge in [-0.1, -0.05) is 6.07 Å². The Bertz CT molecular complexity index is 442. The molecular weight excluding hydrogens is 200 g/mol. The highest BCUT2D eigenvalue weighted by Crippen LogP contribution is 2.32. The molecular formula is C9H12N2O2S. The highest BCUT2D eigenvalue weighted by molar-refractivity contribution is 7.89. The van der Waals surface area contributed by atoms with Gasteiger partial charge in [0.05, 0.1) is 5.69 Å². The number of aromatic nitrogens is 1. The van der Waals surface area contributed by atoms with Crippen molar-refractivity contribution in [2.75, 3.05) is 0 Å². The summed E-state index contributed by atoms with van der Waals surface area (Å²) >= 11 is 0. The van der Waals surface area contributed by atoms with Crippen LogP contribution in [-0.4, -0.2) is 13.4 Å². The van der Waals surface area contributed by atoms with Crippen molar-refractivity contribution in [2.24, 2.45) is 5.14 Å². The van der Waals surface area contributed by atoms with E-state index in [-0.39, 0.29) is 0 Å². The molecule has 0 saturated carbocycles. The van der Waals surface area contributed by atoms with E-state index in [2.05, 4.69) is 4.98 Å². The number of hydrogen-bond acceptors (Lipinski definition) is 3. The van der Waals surface area contributed by atoms with E-state index in [1.165, 1.54) is 0 Å². The summed E-state index contributed by atoms with van der Waals surface area (Å²) in [5.41, 5.74) is 1.65. The topological polar surface area (TPSA) is 73.1 Å². The zero-order chi connectivity index (χ0) is 10.2. The van der Waals surface area contributed by atoms with Gasteiger partial charge < -0.3 is 0 Å². The van der Waals surface area contributed by atoms with Gasteiger partial charge in [0.25, 0.3) is 0 Å². The van der Waals surface area contributed by atoms with Gasteiger partial charge in [-0.25, -0.2) is 13.6 Å². The third-order valence-electron chi connectivity index (χ3n) is 2.54. The molecule has 2 rings (SSSR count). The minimum absolute atomic E-state index is 0.586. The molecule has 0 aliphatic heterocycles. The molecule has 5 heteroatoms. The summed E-state index contributed by atoms with van der Waals surface area (Å²) in [6.07, 6.45) is 3.96. The third-order valence-corrected chi connectivity index (χ3v) is 3.79. The average Bonchev–Trinajstić information content (AvgIpc) is 2.15. The van der Waals surface area contributed by atoms with Crippen molar-refractivity contribution >= 4 is 10.0 Å². The third kappa shape index (κ3) is 1.65. The first-order chi connectivity index (χ1) is 6.59. The van der Waals surface area contributed by atoms with Crippen LogP contribution in [0, 0.1) is 0 Å². The summed E-state index contributed by atoms with van der Waals surface area (Å²) in [5.74, 6) is 0. The first-order valence-electron chi connectivity index (χ1n) is 4.54. The number of sulfonamides is 1. The van der Waals surface area contributed by atoms with Crippen LogP contribution in [0.5, 0.6) is 0 Å². The Balaban J connectivity index is 2.51. The Hall–Kier alpha value is -0.940. The van der Waals surface area contributed by atoms with E-state index in [0.29, 0.717) is 12.1 Å². The molecule has 0 bridgehead atoms. The lowest BCUT2D eigenvalue weighted by molar-refractivity contribution is 0.556. The van der Waals surface area contributed by atoms with E-state index in [9.17, 15) is 8.42 Å². The number of rotatable bonds is 1. The minimum Gasteiger partial charge on any atom is -0.260 e. The second-order valence-corrected chi connectivity index (χ2v) is 5.26. The highest BCUT2D eigenvalue weighted by Gasteiger charge is 2.29. The van der Waals surface area contributed by atoms with E-state index < -0.39 is 15.3 Å². The van der Waals surface area contributed by atoms with Gasteiger partial charge in [0.1, 0.15) is 5.25 Å². The van der Waals surface area contributed by atoms with Crippen molar-refractivity contribution in [1.29, 1.82) is 0 Å². The molecule has 76 valence electrons. The summed E-state index contributed by atoms with van der Waals surface area (Å²) in [4.78, 5) is 4.11. The molecule has 4 nitrogen and oxygen atoms in total. The molecule has 1 aliphatic carbocycles. The minimum atomic E-state index is -3.50. The molecule has 0 fully saturated rings. The summed E-state index contributed by atoms with van der Waals surface area (Å²) < 4.78 is 22.6. The fraction of sp³-hybridized carbons (Fsp3) is 0.444. The maximum absolute atomic E-state index is 11.3. The molecule has 1 aliphatic rings. The van der Waals surface area contributed by atoms with E-state index >= 15 is 0 Å².